The van der Waals surface area contributed by atoms with E-state index in [1.165, 1.54) is 31.6 Å². The Morgan fingerprint density at radius 2 is 1.97 bits per heavy atom. The van der Waals surface area contributed by atoms with Crippen LogP contribution in [0.5, 0.6) is 5.75 Å². The zero-order valence-corrected chi connectivity index (χ0v) is 21.3. The highest BCUT2D eigenvalue weighted by atomic mass is 35.5. The highest BCUT2D eigenvalue weighted by molar-refractivity contribution is 7.90. The molecule has 0 atom stereocenters. The minimum atomic E-state index is -4.31. The summed E-state index contributed by atoms with van der Waals surface area (Å²) < 4.78 is 63.3. The van der Waals surface area contributed by atoms with Gasteiger partial charge >= 0.3 is 0 Å². The number of methoxy groups -OCH3 is 1. The van der Waals surface area contributed by atoms with E-state index < -0.39 is 32.1 Å². The summed E-state index contributed by atoms with van der Waals surface area (Å²) in [4.78, 5) is 7.75. The van der Waals surface area contributed by atoms with Crippen LogP contribution in [0.2, 0.25) is 5.02 Å². The number of fused-ring (bicyclic) bond motifs is 1. The maximum atomic E-state index is 15.9. The summed E-state index contributed by atoms with van der Waals surface area (Å²) in [5, 5.41) is 8.26. The summed E-state index contributed by atoms with van der Waals surface area (Å²) in [6.45, 7) is 1.60. The molecule has 0 spiro atoms. The Kier molecular flexibility index (Phi) is 6.73. The van der Waals surface area contributed by atoms with Crippen molar-refractivity contribution < 1.29 is 21.9 Å². The second-order valence-electron chi connectivity index (χ2n) is 8.69. The van der Waals surface area contributed by atoms with Crippen LogP contribution in [0.15, 0.2) is 41.6 Å². The smallest absolute Gasteiger partial charge is 0.185 e. The van der Waals surface area contributed by atoms with Crippen molar-refractivity contribution in [2.24, 2.45) is 0 Å². The van der Waals surface area contributed by atoms with E-state index >= 15 is 4.39 Å². The second-order valence-corrected chi connectivity index (χ2v) is 11.1. The summed E-state index contributed by atoms with van der Waals surface area (Å²) in [5.41, 5.74) is 6.72. The number of halogens is 3. The van der Waals surface area contributed by atoms with Gasteiger partial charge < -0.3 is 15.8 Å². The first kappa shape index (κ1) is 25.3. The van der Waals surface area contributed by atoms with E-state index in [0.29, 0.717) is 11.0 Å². The number of benzene rings is 2. The third-order valence-electron chi connectivity index (χ3n) is 6.39. The van der Waals surface area contributed by atoms with Gasteiger partial charge in [0.25, 0.3) is 0 Å². The predicted molar refractivity (Wildman–Crippen MR) is 135 cm³/mol. The minimum Gasteiger partial charge on any atom is -0.495 e. The van der Waals surface area contributed by atoms with Gasteiger partial charge in [0.15, 0.2) is 15.5 Å². The lowest BCUT2D eigenvalue weighted by Crippen LogP contribution is -2.30. The first-order valence-corrected chi connectivity index (χ1v) is 13.5. The van der Waals surface area contributed by atoms with Gasteiger partial charge in [-0.2, -0.15) is 5.10 Å². The van der Waals surface area contributed by atoms with Gasteiger partial charge in [0.1, 0.15) is 40.1 Å². The molecule has 0 radical (unpaired) electrons. The monoisotopic (exact) mass is 548 g/mol. The van der Waals surface area contributed by atoms with E-state index in [-0.39, 0.29) is 39.5 Å². The summed E-state index contributed by atoms with van der Waals surface area (Å²) in [6, 6.07) is 6.18. The number of nitrogens with zero attached hydrogens (tertiary/aromatic N) is 4. The fourth-order valence-electron chi connectivity index (χ4n) is 4.55. The lowest BCUT2D eigenvalue weighted by atomic mass is 10.1. The van der Waals surface area contributed by atoms with Gasteiger partial charge in [-0.1, -0.05) is 23.7 Å². The third-order valence-corrected chi connectivity index (χ3v) is 8.36. The molecular formula is C24H23ClF2N6O3S. The molecule has 1 saturated heterocycles. The van der Waals surface area contributed by atoms with Crippen molar-refractivity contribution in [2.45, 2.75) is 29.5 Å². The summed E-state index contributed by atoms with van der Waals surface area (Å²) >= 11 is 6.02. The van der Waals surface area contributed by atoms with Crippen molar-refractivity contribution >= 4 is 38.3 Å². The lowest BCUT2D eigenvalue weighted by Gasteiger charge is -2.23. The van der Waals surface area contributed by atoms with Crippen LogP contribution in [-0.4, -0.2) is 48.4 Å². The lowest BCUT2D eigenvalue weighted by molar-refractivity contribution is 0.350. The van der Waals surface area contributed by atoms with E-state index in [2.05, 4.69) is 20.4 Å². The average molecular weight is 549 g/mol. The number of aromatic nitrogens is 4. The predicted octanol–water partition coefficient (Wildman–Crippen LogP) is 3.91. The number of piperidine rings is 1. The molecule has 1 fully saturated rings. The average Bonchev–Trinajstić information content (AvgIpc) is 3.27. The molecule has 3 N–H and O–H groups in total. The van der Waals surface area contributed by atoms with Crippen LogP contribution in [0, 0.1) is 11.6 Å². The number of nitrogens with one attached hydrogen (secondary N) is 1. The Bertz CT molecular complexity index is 1610. The number of ether oxygens (including phenoxy) is 1. The van der Waals surface area contributed by atoms with Gasteiger partial charge in [-0.3, -0.25) is 0 Å². The topological polar surface area (TPSA) is 125 Å². The molecule has 0 amide bonds. The van der Waals surface area contributed by atoms with E-state index in [9.17, 15) is 12.8 Å². The first-order chi connectivity index (χ1) is 17.7. The van der Waals surface area contributed by atoms with Gasteiger partial charge in [-0.15, -0.1) is 0 Å². The SMILES string of the molecule is COc1cc(F)c(S(=O)(=O)Cc2cccc(-c3nn(C4CCNCC4)c4ncnc(N)c34)c2F)cc1Cl. The van der Waals surface area contributed by atoms with Gasteiger partial charge in [-0.25, -0.2) is 31.8 Å². The summed E-state index contributed by atoms with van der Waals surface area (Å²) in [5.74, 6) is -2.54. The molecule has 1 aliphatic heterocycles. The largest absolute Gasteiger partial charge is 0.495 e. The second kappa shape index (κ2) is 9.84. The molecule has 0 unspecified atom stereocenters. The minimum absolute atomic E-state index is 0.0117. The molecule has 37 heavy (non-hydrogen) atoms. The number of anilines is 1. The fourth-order valence-corrected chi connectivity index (χ4v) is 6.30. The maximum Gasteiger partial charge on any atom is 0.185 e. The van der Waals surface area contributed by atoms with E-state index in [4.69, 9.17) is 22.1 Å². The van der Waals surface area contributed by atoms with Crippen molar-refractivity contribution in [3.05, 3.63) is 58.9 Å². The van der Waals surface area contributed by atoms with Gasteiger partial charge in [-0.05, 0) is 38.1 Å². The molecule has 0 aliphatic carbocycles. The van der Waals surface area contributed by atoms with Crippen molar-refractivity contribution in [1.82, 2.24) is 25.1 Å². The summed E-state index contributed by atoms with van der Waals surface area (Å²) in [7, 11) is -3.03. The van der Waals surface area contributed by atoms with Crippen LogP contribution in [0.4, 0.5) is 14.6 Å². The van der Waals surface area contributed by atoms with Crippen LogP contribution in [0.3, 0.4) is 0 Å². The Labute approximate surface area is 216 Å². The molecule has 194 valence electrons. The Hall–Kier alpha value is -3.35. The normalized spacial score (nSPS) is 14.8. The van der Waals surface area contributed by atoms with Crippen LogP contribution in [0.25, 0.3) is 22.3 Å². The molecule has 4 aromatic rings. The van der Waals surface area contributed by atoms with Crippen LogP contribution in [0.1, 0.15) is 24.4 Å². The van der Waals surface area contributed by atoms with Gasteiger partial charge in [0.05, 0.1) is 29.3 Å². The maximum absolute atomic E-state index is 15.9. The fraction of sp³-hybridized carbons (Fsp3) is 0.292. The van der Waals surface area contributed by atoms with Crippen molar-refractivity contribution in [3.63, 3.8) is 0 Å². The molecule has 9 nitrogen and oxygen atoms in total. The summed E-state index contributed by atoms with van der Waals surface area (Å²) in [6.07, 6.45) is 2.93. The highest BCUT2D eigenvalue weighted by Crippen LogP contribution is 2.36. The van der Waals surface area contributed by atoms with E-state index in [1.54, 1.807) is 4.68 Å². The number of hydrogen-bond donors (Lipinski definition) is 2. The molecule has 3 heterocycles. The molecule has 2 aromatic heterocycles. The van der Waals surface area contributed by atoms with Crippen molar-refractivity contribution in [1.29, 1.82) is 0 Å². The van der Waals surface area contributed by atoms with Crippen LogP contribution in [-0.2, 0) is 15.6 Å². The molecule has 0 saturated carbocycles. The van der Waals surface area contributed by atoms with Crippen LogP contribution >= 0.6 is 11.6 Å². The number of sulfone groups is 1. The van der Waals surface area contributed by atoms with E-state index in [0.717, 1.165) is 38.1 Å². The van der Waals surface area contributed by atoms with Crippen molar-refractivity contribution in [3.8, 4) is 17.0 Å². The van der Waals surface area contributed by atoms with Crippen LogP contribution < -0.4 is 15.8 Å². The molecule has 0 bridgehead atoms. The zero-order chi connectivity index (χ0) is 26.3. The quantitative estimate of drug-likeness (QED) is 0.371. The number of hydrogen-bond acceptors (Lipinski definition) is 8. The van der Waals surface area contributed by atoms with Gasteiger partial charge in [0.2, 0.25) is 0 Å². The number of nitrogens with two attached hydrogens (primary N) is 1. The Morgan fingerprint density at radius 3 is 2.70 bits per heavy atom. The number of rotatable bonds is 6. The Balaban J connectivity index is 1.59. The zero-order valence-electron chi connectivity index (χ0n) is 19.7. The molecule has 1 aliphatic rings. The number of nitrogen functional groups attached to an aromatic ring is 1. The standard InChI is InChI=1S/C24H23ClF2N6O3S/c1-36-18-10-17(26)19(9-16(18)25)37(34,35)11-13-3-2-4-15(21(13)27)22-20-23(28)30-12-31-24(20)33(32-22)14-5-7-29-8-6-14/h2-4,9-10,12,14,29H,5-8,11H2,1H3,(H2,28,30,31). The Morgan fingerprint density at radius 1 is 1.22 bits per heavy atom. The van der Waals surface area contributed by atoms with Crippen molar-refractivity contribution in [2.75, 3.05) is 25.9 Å². The molecule has 2 aromatic carbocycles. The first-order valence-electron chi connectivity index (χ1n) is 11.4. The van der Waals surface area contributed by atoms with Gasteiger partial charge in [0, 0.05) is 17.2 Å². The highest BCUT2D eigenvalue weighted by Gasteiger charge is 2.28. The third kappa shape index (κ3) is 4.60. The molecule has 5 rings (SSSR count). The molecule has 13 heteroatoms. The molecular weight excluding hydrogens is 526 g/mol. The van der Waals surface area contributed by atoms with E-state index in [1.807, 2.05) is 0 Å².